The summed E-state index contributed by atoms with van der Waals surface area (Å²) in [6.07, 6.45) is -7.47. The average molecular weight is 420 g/mol. The maximum absolute atomic E-state index is 12.9. The van der Waals surface area contributed by atoms with Crippen LogP contribution in [0.4, 0.5) is 5.69 Å². The normalized spacial score (nSPS) is 25.2. The molecule has 0 unspecified atom stereocenters. The number of carbonyl (C=O) groups excluding carboxylic acids is 4. The number of esters is 3. The Morgan fingerprint density at radius 3 is 2.00 bits per heavy atom. The van der Waals surface area contributed by atoms with Crippen molar-refractivity contribution in [2.75, 3.05) is 5.32 Å². The van der Waals surface area contributed by atoms with Gasteiger partial charge in [-0.2, -0.15) is 0 Å². The third kappa shape index (κ3) is 5.93. The van der Waals surface area contributed by atoms with Gasteiger partial charge in [0.15, 0.2) is 30.6 Å². The van der Waals surface area contributed by atoms with E-state index in [0.717, 1.165) is 20.8 Å². The maximum atomic E-state index is 12.9. The van der Waals surface area contributed by atoms with E-state index in [2.05, 4.69) is 15.3 Å². The second-order valence-corrected chi connectivity index (χ2v) is 6.23. The molecule has 1 amide bonds. The number of azide groups is 1. The van der Waals surface area contributed by atoms with Crippen LogP contribution in [0.2, 0.25) is 0 Å². The van der Waals surface area contributed by atoms with E-state index in [1.807, 2.05) is 0 Å². The predicted molar refractivity (Wildman–Crippen MR) is 99.5 cm³/mol. The first-order valence-corrected chi connectivity index (χ1v) is 8.80. The molecular formula is C18H20N4O8. The highest BCUT2D eigenvalue weighted by Gasteiger charge is 2.54. The molecule has 12 heteroatoms. The lowest BCUT2D eigenvalue weighted by Crippen LogP contribution is -2.63. The Hall–Kier alpha value is -3.63. The van der Waals surface area contributed by atoms with Crippen molar-refractivity contribution >= 4 is 29.5 Å². The van der Waals surface area contributed by atoms with Crippen LogP contribution in [0.5, 0.6) is 0 Å². The summed E-state index contributed by atoms with van der Waals surface area (Å²) in [6.45, 7) is 3.23. The highest BCUT2D eigenvalue weighted by molar-refractivity contribution is 5.95. The van der Waals surface area contributed by atoms with Crippen molar-refractivity contribution in [3.05, 3.63) is 40.8 Å². The molecule has 5 atom stereocenters. The zero-order valence-electron chi connectivity index (χ0n) is 16.4. The lowest BCUT2D eigenvalue weighted by molar-refractivity contribution is -0.241. The van der Waals surface area contributed by atoms with Gasteiger partial charge in [-0.1, -0.05) is 23.3 Å². The Bertz CT molecular complexity index is 855. The second-order valence-electron chi connectivity index (χ2n) is 6.23. The number of anilines is 1. The van der Waals surface area contributed by atoms with Gasteiger partial charge in [0.25, 0.3) is 5.91 Å². The molecule has 1 aliphatic heterocycles. The van der Waals surface area contributed by atoms with E-state index in [9.17, 15) is 19.2 Å². The van der Waals surface area contributed by atoms with Crippen LogP contribution in [0.15, 0.2) is 35.4 Å². The molecule has 1 aromatic carbocycles. The minimum atomic E-state index is -1.54. The van der Waals surface area contributed by atoms with Gasteiger partial charge in [0, 0.05) is 31.4 Å². The van der Waals surface area contributed by atoms with Crippen molar-refractivity contribution in [3.63, 3.8) is 0 Å². The number of para-hydroxylation sites is 1. The second kappa shape index (κ2) is 10.2. The summed E-state index contributed by atoms with van der Waals surface area (Å²) in [4.78, 5) is 50.3. The fraction of sp³-hybridized carbons (Fsp3) is 0.444. The Kier molecular flexibility index (Phi) is 7.73. The number of amides is 1. The average Bonchev–Trinajstić information content (AvgIpc) is 2.66. The lowest BCUT2D eigenvalue weighted by atomic mass is 9.96. The number of ether oxygens (including phenoxy) is 4. The van der Waals surface area contributed by atoms with E-state index in [4.69, 9.17) is 24.5 Å². The van der Waals surface area contributed by atoms with Crippen molar-refractivity contribution in [3.8, 4) is 0 Å². The molecule has 1 fully saturated rings. The van der Waals surface area contributed by atoms with Gasteiger partial charge in [0.1, 0.15) is 0 Å². The number of benzene rings is 1. The summed E-state index contributed by atoms with van der Waals surface area (Å²) in [7, 11) is 0. The van der Waals surface area contributed by atoms with Crippen LogP contribution in [-0.4, -0.2) is 54.5 Å². The molecule has 0 bridgehead atoms. The predicted octanol–water partition coefficient (Wildman–Crippen LogP) is 1.46. The van der Waals surface area contributed by atoms with Crippen molar-refractivity contribution in [1.29, 1.82) is 0 Å². The Morgan fingerprint density at radius 1 is 0.933 bits per heavy atom. The Balaban J connectivity index is 2.45. The molecule has 30 heavy (non-hydrogen) atoms. The van der Waals surface area contributed by atoms with Crippen LogP contribution >= 0.6 is 0 Å². The van der Waals surface area contributed by atoms with Crippen LogP contribution < -0.4 is 5.32 Å². The smallest absolute Gasteiger partial charge is 0.303 e. The molecule has 0 spiro atoms. The number of nitrogens with one attached hydrogen (secondary N) is 1. The lowest BCUT2D eigenvalue weighted by Gasteiger charge is -2.42. The van der Waals surface area contributed by atoms with E-state index in [1.54, 1.807) is 30.3 Å². The first-order chi connectivity index (χ1) is 14.2. The molecule has 0 aromatic heterocycles. The number of hydrogen-bond donors (Lipinski definition) is 1. The van der Waals surface area contributed by atoms with E-state index < -0.39 is 54.5 Å². The van der Waals surface area contributed by atoms with E-state index >= 15 is 0 Å². The minimum absolute atomic E-state index is 0.416. The molecule has 1 aliphatic rings. The molecule has 1 heterocycles. The summed E-state index contributed by atoms with van der Waals surface area (Å²) < 4.78 is 21.0. The summed E-state index contributed by atoms with van der Waals surface area (Å²) in [5.41, 5.74) is 9.27. The topological polar surface area (TPSA) is 166 Å². The Labute approximate surface area is 171 Å². The third-order valence-corrected chi connectivity index (χ3v) is 3.88. The van der Waals surface area contributed by atoms with Gasteiger partial charge in [0.2, 0.25) is 0 Å². The monoisotopic (exact) mass is 420 g/mol. The molecule has 160 valence electrons. The molecule has 1 aromatic rings. The third-order valence-electron chi connectivity index (χ3n) is 3.88. The number of rotatable bonds is 6. The zero-order chi connectivity index (χ0) is 22.3. The van der Waals surface area contributed by atoms with E-state index in [1.165, 1.54) is 0 Å². The maximum Gasteiger partial charge on any atom is 0.303 e. The molecule has 0 aliphatic carbocycles. The van der Waals surface area contributed by atoms with Crippen molar-refractivity contribution in [1.82, 2.24) is 0 Å². The molecule has 2 rings (SSSR count). The van der Waals surface area contributed by atoms with Crippen molar-refractivity contribution < 1.29 is 38.1 Å². The zero-order valence-corrected chi connectivity index (χ0v) is 16.4. The van der Waals surface area contributed by atoms with Gasteiger partial charge in [-0.25, -0.2) is 0 Å². The van der Waals surface area contributed by atoms with Crippen LogP contribution in [-0.2, 0) is 38.1 Å². The van der Waals surface area contributed by atoms with Crippen molar-refractivity contribution in [2.45, 2.75) is 51.4 Å². The van der Waals surface area contributed by atoms with Gasteiger partial charge in [-0.3, -0.25) is 19.2 Å². The fourth-order valence-electron chi connectivity index (χ4n) is 2.88. The van der Waals surface area contributed by atoms with Crippen LogP contribution in [0.25, 0.3) is 10.4 Å². The first-order valence-electron chi connectivity index (χ1n) is 8.80. The molecule has 1 saturated heterocycles. The quantitative estimate of drug-likeness (QED) is 0.237. The van der Waals surface area contributed by atoms with Gasteiger partial charge < -0.3 is 24.3 Å². The first kappa shape index (κ1) is 22.7. The standard InChI is InChI=1S/C18H20N4O8/c1-9(23)27-13-14(28-10(2)24)16(29-11(3)25)18(21-22-19)30-15(13)17(26)20-12-7-5-4-6-8-12/h4-8,13-16,18H,1-3H3,(H,20,26)/t13-,14-,15-,16+,18+/m0/s1. The van der Waals surface area contributed by atoms with E-state index in [0.29, 0.717) is 5.69 Å². The highest BCUT2D eigenvalue weighted by Crippen LogP contribution is 2.30. The summed E-state index contributed by atoms with van der Waals surface area (Å²) in [5.74, 6) is -3.17. The summed E-state index contributed by atoms with van der Waals surface area (Å²) in [5, 5.41) is 5.97. The highest BCUT2D eigenvalue weighted by atomic mass is 16.7. The minimum Gasteiger partial charge on any atom is -0.455 e. The molecule has 0 saturated carbocycles. The van der Waals surface area contributed by atoms with E-state index in [-0.39, 0.29) is 0 Å². The number of nitrogens with zero attached hydrogens (tertiary/aromatic N) is 3. The van der Waals surface area contributed by atoms with Gasteiger partial charge in [-0.15, -0.1) is 0 Å². The van der Waals surface area contributed by atoms with Crippen LogP contribution in [0.3, 0.4) is 0 Å². The van der Waals surface area contributed by atoms with Crippen molar-refractivity contribution in [2.24, 2.45) is 5.11 Å². The number of hydrogen-bond acceptors (Lipinski definition) is 9. The summed E-state index contributed by atoms with van der Waals surface area (Å²) >= 11 is 0. The van der Waals surface area contributed by atoms with Crippen LogP contribution in [0, 0.1) is 0 Å². The van der Waals surface area contributed by atoms with Gasteiger partial charge in [0.05, 0.1) is 0 Å². The molecule has 0 radical (unpaired) electrons. The molecular weight excluding hydrogens is 400 g/mol. The molecule has 12 nitrogen and oxygen atoms in total. The fourth-order valence-corrected chi connectivity index (χ4v) is 2.88. The number of carbonyl (C=O) groups is 4. The van der Waals surface area contributed by atoms with Gasteiger partial charge in [-0.05, 0) is 17.7 Å². The van der Waals surface area contributed by atoms with Gasteiger partial charge >= 0.3 is 17.9 Å². The largest absolute Gasteiger partial charge is 0.455 e. The summed E-state index contributed by atoms with van der Waals surface area (Å²) in [6, 6.07) is 8.33. The molecule has 1 N–H and O–H groups in total. The SMILES string of the molecule is CC(=O)O[C@@H]1[C@@H](OC(C)=O)[C@H](N=[N+]=[N-])O[C@H](C(=O)Nc2ccccc2)[C@H]1OC(C)=O. The Morgan fingerprint density at radius 2 is 1.47 bits per heavy atom. The van der Waals surface area contributed by atoms with Crippen LogP contribution in [0.1, 0.15) is 20.8 Å².